The number of hydrogen-bond donors (Lipinski definition) is 2. The third kappa shape index (κ3) is 2.58. The van der Waals surface area contributed by atoms with Crippen LogP contribution in [0.5, 0.6) is 0 Å². The number of H-pyrrole nitrogens is 1. The van der Waals surface area contributed by atoms with E-state index in [2.05, 4.69) is 22.2 Å². The Morgan fingerprint density at radius 1 is 1.40 bits per heavy atom. The van der Waals surface area contributed by atoms with E-state index in [9.17, 15) is 4.79 Å². The average molecular weight is 285 g/mol. The Balaban J connectivity index is 1.77. The van der Waals surface area contributed by atoms with Crippen LogP contribution >= 0.6 is 11.3 Å². The number of para-hydroxylation sites is 2. The fourth-order valence-corrected chi connectivity index (χ4v) is 3.04. The first-order valence-electron chi connectivity index (χ1n) is 6.60. The van der Waals surface area contributed by atoms with Crippen LogP contribution in [0.4, 0.5) is 5.95 Å². The zero-order valence-electron chi connectivity index (χ0n) is 11.1. The van der Waals surface area contributed by atoms with Crippen LogP contribution in [0.15, 0.2) is 35.7 Å². The fourth-order valence-electron chi connectivity index (χ4n) is 2.07. The van der Waals surface area contributed by atoms with E-state index in [4.69, 9.17) is 0 Å². The second kappa shape index (κ2) is 5.46. The van der Waals surface area contributed by atoms with Gasteiger partial charge < -0.3 is 4.98 Å². The number of carbonyl (C=O) groups excluding carboxylic acids is 1. The molecule has 4 nitrogen and oxygen atoms in total. The van der Waals surface area contributed by atoms with Gasteiger partial charge in [0.1, 0.15) is 0 Å². The Morgan fingerprint density at radius 3 is 3.05 bits per heavy atom. The standard InChI is InChI=1S/C15H15N3OS/c1-2-5-11-8-10(9-20-11)14(19)18-15-16-12-6-3-4-7-13(12)17-15/h3-4,6-9H,2,5H2,1H3,(H2,16,17,18,19). The summed E-state index contributed by atoms with van der Waals surface area (Å²) in [7, 11) is 0. The first kappa shape index (κ1) is 12.9. The van der Waals surface area contributed by atoms with Crippen molar-refractivity contribution < 1.29 is 4.79 Å². The van der Waals surface area contributed by atoms with Gasteiger partial charge in [-0.1, -0.05) is 25.5 Å². The summed E-state index contributed by atoms with van der Waals surface area (Å²) in [5.74, 6) is 0.363. The Hall–Kier alpha value is -2.14. The largest absolute Gasteiger partial charge is 0.324 e. The lowest BCUT2D eigenvalue weighted by Gasteiger charge is -1.98. The number of rotatable bonds is 4. The molecule has 0 radical (unpaired) electrons. The maximum atomic E-state index is 12.1. The van der Waals surface area contributed by atoms with Crippen LogP contribution < -0.4 is 5.32 Å². The van der Waals surface area contributed by atoms with E-state index in [1.54, 1.807) is 11.3 Å². The molecule has 3 rings (SSSR count). The van der Waals surface area contributed by atoms with Crippen molar-refractivity contribution in [2.24, 2.45) is 0 Å². The highest BCUT2D eigenvalue weighted by Crippen LogP contribution is 2.18. The van der Waals surface area contributed by atoms with Crippen molar-refractivity contribution in [2.75, 3.05) is 5.32 Å². The van der Waals surface area contributed by atoms with Crippen molar-refractivity contribution >= 4 is 34.2 Å². The summed E-state index contributed by atoms with van der Waals surface area (Å²) in [4.78, 5) is 20.8. The Morgan fingerprint density at radius 2 is 2.25 bits per heavy atom. The topological polar surface area (TPSA) is 57.8 Å². The minimum atomic E-state index is -0.123. The highest BCUT2D eigenvalue weighted by atomic mass is 32.1. The molecule has 2 heterocycles. The minimum Gasteiger partial charge on any atom is -0.324 e. The summed E-state index contributed by atoms with van der Waals surface area (Å²) in [5, 5.41) is 4.70. The summed E-state index contributed by atoms with van der Waals surface area (Å²) >= 11 is 1.63. The number of imidazole rings is 1. The van der Waals surface area contributed by atoms with Crippen molar-refractivity contribution in [3.05, 3.63) is 46.2 Å². The number of fused-ring (bicyclic) bond motifs is 1. The number of aryl methyl sites for hydroxylation is 1. The molecule has 0 atom stereocenters. The van der Waals surface area contributed by atoms with E-state index < -0.39 is 0 Å². The van der Waals surface area contributed by atoms with E-state index >= 15 is 0 Å². The van der Waals surface area contributed by atoms with Gasteiger partial charge in [-0.25, -0.2) is 4.98 Å². The smallest absolute Gasteiger partial charge is 0.258 e. The number of nitrogens with zero attached hydrogens (tertiary/aromatic N) is 1. The van der Waals surface area contributed by atoms with Gasteiger partial charge in [-0.3, -0.25) is 10.1 Å². The Kier molecular flexibility index (Phi) is 3.52. The molecule has 2 aromatic heterocycles. The number of thiophene rings is 1. The maximum Gasteiger partial charge on any atom is 0.258 e. The normalized spacial score (nSPS) is 10.8. The van der Waals surface area contributed by atoms with E-state index in [-0.39, 0.29) is 5.91 Å². The lowest BCUT2D eigenvalue weighted by atomic mass is 10.2. The van der Waals surface area contributed by atoms with Crippen LogP contribution in [0.2, 0.25) is 0 Å². The molecule has 2 N–H and O–H groups in total. The summed E-state index contributed by atoms with van der Waals surface area (Å²) in [6.45, 7) is 2.13. The number of carbonyl (C=O) groups is 1. The second-order valence-corrected chi connectivity index (χ2v) is 5.60. The quantitative estimate of drug-likeness (QED) is 0.765. The van der Waals surface area contributed by atoms with Crippen molar-refractivity contribution in [2.45, 2.75) is 19.8 Å². The minimum absolute atomic E-state index is 0.123. The van der Waals surface area contributed by atoms with E-state index in [1.807, 2.05) is 35.7 Å². The zero-order chi connectivity index (χ0) is 13.9. The average Bonchev–Trinajstić information content (AvgIpc) is 3.04. The van der Waals surface area contributed by atoms with Gasteiger partial charge in [-0.2, -0.15) is 0 Å². The predicted octanol–water partition coefficient (Wildman–Crippen LogP) is 3.83. The first-order chi connectivity index (χ1) is 9.76. The van der Waals surface area contributed by atoms with Crippen LogP contribution in [0, 0.1) is 0 Å². The highest BCUT2D eigenvalue weighted by Gasteiger charge is 2.11. The summed E-state index contributed by atoms with van der Waals surface area (Å²) < 4.78 is 0. The number of aromatic amines is 1. The number of nitrogens with one attached hydrogen (secondary N) is 2. The molecule has 0 bridgehead atoms. The molecule has 1 aromatic carbocycles. The van der Waals surface area contributed by atoms with Crippen LogP contribution in [-0.4, -0.2) is 15.9 Å². The fraction of sp³-hybridized carbons (Fsp3) is 0.200. The SMILES string of the molecule is CCCc1cc(C(=O)Nc2nc3ccccc3[nH]2)cs1. The summed E-state index contributed by atoms with van der Waals surface area (Å²) in [5.41, 5.74) is 2.46. The molecule has 0 spiro atoms. The third-order valence-electron chi connectivity index (χ3n) is 3.03. The monoisotopic (exact) mass is 285 g/mol. The molecule has 0 aliphatic heterocycles. The van der Waals surface area contributed by atoms with Gasteiger partial charge >= 0.3 is 0 Å². The summed E-state index contributed by atoms with van der Waals surface area (Å²) in [6.07, 6.45) is 2.10. The molecule has 0 saturated heterocycles. The number of amides is 1. The molecular weight excluding hydrogens is 270 g/mol. The predicted molar refractivity (Wildman–Crippen MR) is 82.4 cm³/mol. The molecule has 102 valence electrons. The number of benzene rings is 1. The van der Waals surface area contributed by atoms with Crippen LogP contribution in [0.1, 0.15) is 28.6 Å². The van der Waals surface area contributed by atoms with Gasteiger partial charge in [0, 0.05) is 10.3 Å². The number of anilines is 1. The van der Waals surface area contributed by atoms with Gasteiger partial charge in [-0.05, 0) is 24.6 Å². The Bertz CT molecular complexity index is 711. The van der Waals surface area contributed by atoms with E-state index in [0.717, 1.165) is 23.9 Å². The second-order valence-electron chi connectivity index (χ2n) is 4.61. The molecule has 0 aliphatic carbocycles. The molecule has 0 saturated carbocycles. The van der Waals surface area contributed by atoms with Gasteiger partial charge in [0.15, 0.2) is 0 Å². The highest BCUT2D eigenvalue weighted by molar-refractivity contribution is 7.10. The van der Waals surface area contributed by atoms with Crippen LogP contribution in [-0.2, 0) is 6.42 Å². The lowest BCUT2D eigenvalue weighted by Crippen LogP contribution is -2.11. The van der Waals surface area contributed by atoms with Gasteiger partial charge in [-0.15, -0.1) is 11.3 Å². The summed E-state index contributed by atoms with van der Waals surface area (Å²) in [6, 6.07) is 9.65. The van der Waals surface area contributed by atoms with E-state index in [1.165, 1.54) is 4.88 Å². The third-order valence-corrected chi connectivity index (χ3v) is 4.03. The number of hydrogen-bond acceptors (Lipinski definition) is 3. The molecule has 0 fully saturated rings. The molecular formula is C15H15N3OS. The molecule has 0 unspecified atom stereocenters. The van der Waals surface area contributed by atoms with Crippen molar-refractivity contribution in [3.63, 3.8) is 0 Å². The van der Waals surface area contributed by atoms with Crippen molar-refractivity contribution in [1.82, 2.24) is 9.97 Å². The van der Waals surface area contributed by atoms with Gasteiger partial charge in [0.2, 0.25) is 5.95 Å². The van der Waals surface area contributed by atoms with Gasteiger partial charge in [0.05, 0.1) is 16.6 Å². The zero-order valence-corrected chi connectivity index (χ0v) is 12.0. The van der Waals surface area contributed by atoms with Crippen molar-refractivity contribution in [1.29, 1.82) is 0 Å². The lowest BCUT2D eigenvalue weighted by molar-refractivity contribution is 0.102. The first-order valence-corrected chi connectivity index (χ1v) is 7.47. The van der Waals surface area contributed by atoms with E-state index in [0.29, 0.717) is 11.5 Å². The van der Waals surface area contributed by atoms with Crippen LogP contribution in [0.3, 0.4) is 0 Å². The molecule has 5 heteroatoms. The van der Waals surface area contributed by atoms with Gasteiger partial charge in [0.25, 0.3) is 5.91 Å². The molecule has 3 aromatic rings. The Labute approximate surface area is 120 Å². The van der Waals surface area contributed by atoms with Crippen molar-refractivity contribution in [3.8, 4) is 0 Å². The van der Waals surface area contributed by atoms with Crippen LogP contribution in [0.25, 0.3) is 11.0 Å². The molecule has 20 heavy (non-hydrogen) atoms. The molecule has 1 amide bonds. The molecule has 0 aliphatic rings. The maximum absolute atomic E-state index is 12.1. The number of aromatic nitrogens is 2.